The van der Waals surface area contributed by atoms with E-state index in [0.29, 0.717) is 52.1 Å². The minimum Gasteiger partial charge on any atom is -0.394 e. The van der Waals surface area contributed by atoms with Crippen LogP contribution in [0.15, 0.2) is 60.7 Å². The highest BCUT2D eigenvalue weighted by atomic mass is 16.5. The van der Waals surface area contributed by atoms with Gasteiger partial charge in [0.2, 0.25) is 17.7 Å². The molecule has 0 saturated carbocycles. The number of aliphatic hydroxyl groups is 1. The molecule has 3 amide bonds. The molecular formula is C33H42N4O6. The molecule has 4 heterocycles. The average molecular weight is 591 g/mol. The molecule has 4 saturated heterocycles. The van der Waals surface area contributed by atoms with Crippen molar-refractivity contribution in [1.29, 1.82) is 0 Å². The molecule has 0 aromatic heterocycles. The highest BCUT2D eigenvalue weighted by Gasteiger charge is 2.78. The SMILES string of the molecule is C[C@]12CCC3(O1)C(C(=O)NCCN1CCOCC1)N([C@@H](CO)Cc1ccccc1)C(=O)[C@@H]3[C@H]2C(=O)NCc1ccccc1. The molecule has 0 aliphatic carbocycles. The minimum atomic E-state index is -1.15. The molecule has 3 N–H and O–H groups in total. The van der Waals surface area contributed by atoms with Crippen molar-refractivity contribution < 1.29 is 29.0 Å². The maximum Gasteiger partial charge on any atom is 0.245 e. The van der Waals surface area contributed by atoms with Crippen LogP contribution in [0.4, 0.5) is 0 Å². The monoisotopic (exact) mass is 590 g/mol. The van der Waals surface area contributed by atoms with Gasteiger partial charge >= 0.3 is 0 Å². The second kappa shape index (κ2) is 12.4. The van der Waals surface area contributed by atoms with E-state index in [1.54, 1.807) is 4.90 Å². The van der Waals surface area contributed by atoms with Crippen LogP contribution < -0.4 is 10.6 Å². The van der Waals surface area contributed by atoms with Crippen LogP contribution in [-0.4, -0.2) is 102 Å². The van der Waals surface area contributed by atoms with E-state index in [2.05, 4.69) is 15.5 Å². The molecule has 10 heteroatoms. The lowest BCUT2D eigenvalue weighted by Crippen LogP contribution is -2.59. The summed E-state index contributed by atoms with van der Waals surface area (Å²) in [6.07, 6.45) is 1.43. The van der Waals surface area contributed by atoms with Crippen LogP contribution in [-0.2, 0) is 36.8 Å². The van der Waals surface area contributed by atoms with Gasteiger partial charge < -0.3 is 30.1 Å². The van der Waals surface area contributed by atoms with E-state index < -0.39 is 35.1 Å². The Morgan fingerprint density at radius 1 is 0.977 bits per heavy atom. The van der Waals surface area contributed by atoms with Crippen molar-refractivity contribution in [2.24, 2.45) is 11.8 Å². The lowest BCUT2D eigenvalue weighted by atomic mass is 9.66. The van der Waals surface area contributed by atoms with E-state index >= 15 is 0 Å². The van der Waals surface area contributed by atoms with Gasteiger partial charge in [-0.25, -0.2) is 0 Å². The number of fused-ring (bicyclic) bond motifs is 1. The molecule has 4 aliphatic rings. The van der Waals surface area contributed by atoms with Gasteiger partial charge in [-0.05, 0) is 37.3 Å². The lowest BCUT2D eigenvalue weighted by Gasteiger charge is -2.37. The van der Waals surface area contributed by atoms with Crippen molar-refractivity contribution in [1.82, 2.24) is 20.4 Å². The summed E-state index contributed by atoms with van der Waals surface area (Å²) < 4.78 is 12.2. The maximum absolute atomic E-state index is 14.5. The van der Waals surface area contributed by atoms with Crippen molar-refractivity contribution in [2.75, 3.05) is 46.0 Å². The molecule has 10 nitrogen and oxygen atoms in total. The molecule has 2 aromatic rings. The number of nitrogens with zero attached hydrogens (tertiary/aromatic N) is 2. The van der Waals surface area contributed by atoms with Gasteiger partial charge in [0.25, 0.3) is 0 Å². The fourth-order valence-corrected chi connectivity index (χ4v) is 7.75. The summed E-state index contributed by atoms with van der Waals surface area (Å²) in [5.41, 5.74) is -0.105. The van der Waals surface area contributed by atoms with Crippen molar-refractivity contribution in [3.8, 4) is 0 Å². The Labute approximate surface area is 252 Å². The first-order valence-electron chi connectivity index (χ1n) is 15.4. The number of nitrogens with one attached hydrogen (secondary N) is 2. The van der Waals surface area contributed by atoms with Gasteiger partial charge in [0.05, 0.1) is 43.3 Å². The van der Waals surface area contributed by atoms with E-state index in [4.69, 9.17) is 9.47 Å². The summed E-state index contributed by atoms with van der Waals surface area (Å²) in [4.78, 5) is 46.2. The molecule has 2 aromatic carbocycles. The number of aliphatic hydroxyl groups excluding tert-OH is 1. The number of ether oxygens (including phenoxy) is 2. The first-order valence-corrected chi connectivity index (χ1v) is 15.4. The minimum absolute atomic E-state index is 0.247. The number of hydrogen-bond acceptors (Lipinski definition) is 7. The molecule has 2 bridgehead atoms. The van der Waals surface area contributed by atoms with Gasteiger partial charge in [-0.1, -0.05) is 60.7 Å². The van der Waals surface area contributed by atoms with Crippen molar-refractivity contribution in [3.05, 3.63) is 71.8 Å². The number of rotatable bonds is 11. The fourth-order valence-electron chi connectivity index (χ4n) is 7.75. The maximum atomic E-state index is 14.5. The van der Waals surface area contributed by atoms with Crippen LogP contribution in [0.1, 0.15) is 30.9 Å². The molecule has 6 atom stereocenters. The van der Waals surface area contributed by atoms with Gasteiger partial charge in [-0.3, -0.25) is 19.3 Å². The standard InChI is InChI=1S/C33H42N4O6/c1-32-12-13-33(43-32)27(26(32)29(39)35-21-24-10-6-3-7-11-24)31(41)37(25(22-38)20-23-8-4-2-5-9-23)28(33)30(40)34-14-15-36-16-18-42-19-17-36/h2-11,25-28,38H,12-22H2,1H3,(H,34,40)(H,35,39)/t25-,26+,27+,28?,32-,33?/m1/s1. The molecule has 4 fully saturated rings. The molecule has 1 spiro atoms. The summed E-state index contributed by atoms with van der Waals surface area (Å²) >= 11 is 0. The van der Waals surface area contributed by atoms with Crippen LogP contribution in [0, 0.1) is 11.8 Å². The highest BCUT2D eigenvalue weighted by molar-refractivity contribution is 5.99. The first kappa shape index (κ1) is 29.7. The first-order chi connectivity index (χ1) is 20.9. The van der Waals surface area contributed by atoms with E-state index in [9.17, 15) is 19.5 Å². The van der Waals surface area contributed by atoms with E-state index in [-0.39, 0.29) is 24.3 Å². The Morgan fingerprint density at radius 3 is 2.33 bits per heavy atom. The van der Waals surface area contributed by atoms with E-state index in [0.717, 1.165) is 24.2 Å². The smallest absolute Gasteiger partial charge is 0.245 e. The molecule has 0 radical (unpaired) electrons. The fraction of sp³-hybridized carbons (Fsp3) is 0.545. The number of carbonyl (C=O) groups is 3. The van der Waals surface area contributed by atoms with Crippen LogP contribution in [0.5, 0.6) is 0 Å². The summed E-state index contributed by atoms with van der Waals surface area (Å²) in [5, 5.41) is 16.7. The predicted octanol–water partition coefficient (Wildman–Crippen LogP) is 1.12. The zero-order valence-electron chi connectivity index (χ0n) is 24.7. The molecule has 4 aliphatic heterocycles. The van der Waals surface area contributed by atoms with Gasteiger partial charge in [0, 0.05) is 32.7 Å². The second-order valence-electron chi connectivity index (χ2n) is 12.4. The quantitative estimate of drug-likeness (QED) is 0.359. The number of carbonyl (C=O) groups excluding carboxylic acids is 3. The van der Waals surface area contributed by atoms with Crippen molar-refractivity contribution in [3.63, 3.8) is 0 Å². The molecule has 230 valence electrons. The Morgan fingerprint density at radius 2 is 1.65 bits per heavy atom. The Hall–Kier alpha value is -3.31. The largest absolute Gasteiger partial charge is 0.394 e. The number of hydrogen-bond donors (Lipinski definition) is 3. The third-order valence-corrected chi connectivity index (χ3v) is 9.80. The third-order valence-electron chi connectivity index (χ3n) is 9.80. The second-order valence-corrected chi connectivity index (χ2v) is 12.4. The van der Waals surface area contributed by atoms with Crippen LogP contribution >= 0.6 is 0 Å². The van der Waals surface area contributed by atoms with Gasteiger partial charge in [-0.2, -0.15) is 0 Å². The van der Waals surface area contributed by atoms with Gasteiger partial charge in [0.1, 0.15) is 11.6 Å². The van der Waals surface area contributed by atoms with E-state index in [1.807, 2.05) is 67.6 Å². The zero-order valence-corrected chi connectivity index (χ0v) is 24.7. The number of benzene rings is 2. The van der Waals surface area contributed by atoms with Crippen molar-refractivity contribution in [2.45, 2.75) is 56.0 Å². The highest BCUT2D eigenvalue weighted by Crippen LogP contribution is 2.63. The Bertz CT molecular complexity index is 1300. The number of likely N-dealkylation sites (tertiary alicyclic amines) is 1. The van der Waals surface area contributed by atoms with Crippen LogP contribution in [0.3, 0.4) is 0 Å². The number of morpholine rings is 1. The lowest BCUT2D eigenvalue weighted by molar-refractivity contribution is -0.149. The average Bonchev–Trinajstić information content (AvgIpc) is 3.60. The van der Waals surface area contributed by atoms with Crippen molar-refractivity contribution >= 4 is 17.7 Å². The molecule has 6 rings (SSSR count). The predicted molar refractivity (Wildman–Crippen MR) is 159 cm³/mol. The van der Waals surface area contributed by atoms with Gasteiger partial charge in [-0.15, -0.1) is 0 Å². The van der Waals surface area contributed by atoms with Crippen LogP contribution in [0.25, 0.3) is 0 Å². The summed E-state index contributed by atoms with van der Waals surface area (Å²) in [7, 11) is 0. The normalized spacial score (nSPS) is 30.7. The zero-order chi connectivity index (χ0) is 30.0. The summed E-state index contributed by atoms with van der Waals surface area (Å²) in [6.45, 7) is 5.95. The third kappa shape index (κ3) is 5.57. The topological polar surface area (TPSA) is 120 Å². The number of amides is 3. The summed E-state index contributed by atoms with van der Waals surface area (Å²) in [6, 6.07) is 17.7. The molecule has 43 heavy (non-hydrogen) atoms. The Kier molecular flexibility index (Phi) is 8.55. The van der Waals surface area contributed by atoms with E-state index in [1.165, 1.54) is 0 Å². The van der Waals surface area contributed by atoms with Crippen LogP contribution in [0.2, 0.25) is 0 Å². The molecule has 2 unspecified atom stereocenters. The molecular weight excluding hydrogens is 548 g/mol. The Balaban J connectivity index is 1.28. The van der Waals surface area contributed by atoms with Gasteiger partial charge in [0.15, 0.2) is 0 Å². The summed E-state index contributed by atoms with van der Waals surface area (Å²) in [5.74, 6) is -2.41.